The summed E-state index contributed by atoms with van der Waals surface area (Å²) in [5.74, 6) is -0.623. The molecular weight excluding hydrogens is 452 g/mol. The van der Waals surface area contributed by atoms with Crippen molar-refractivity contribution in [2.45, 2.75) is 25.3 Å². The lowest BCUT2D eigenvalue weighted by Gasteiger charge is -2.37. The number of anilines is 1. The zero-order chi connectivity index (χ0) is 24.4. The highest BCUT2D eigenvalue weighted by molar-refractivity contribution is 5.84. The zero-order valence-electron chi connectivity index (χ0n) is 17.9. The number of nitrogens with one attached hydrogen (secondary N) is 2. The molecule has 1 aliphatic rings. The Balaban J connectivity index is 1.86. The van der Waals surface area contributed by atoms with Crippen LogP contribution in [0.2, 0.25) is 0 Å². The maximum absolute atomic E-state index is 13.1. The summed E-state index contributed by atoms with van der Waals surface area (Å²) in [5.41, 5.74) is 2.21. The monoisotopic (exact) mass is 475 g/mol. The van der Waals surface area contributed by atoms with E-state index in [4.69, 9.17) is 0 Å². The maximum Gasteiger partial charge on any atom is 0.416 e. The van der Waals surface area contributed by atoms with Gasteiger partial charge in [-0.05, 0) is 38.2 Å². The highest BCUT2D eigenvalue weighted by Gasteiger charge is 2.37. The second-order valence-electron chi connectivity index (χ2n) is 7.83. The van der Waals surface area contributed by atoms with Crippen LogP contribution in [0.15, 0.2) is 36.5 Å². The first-order valence-electron chi connectivity index (χ1n) is 10.1. The molecule has 1 aromatic heterocycles. The van der Waals surface area contributed by atoms with Gasteiger partial charge in [-0.1, -0.05) is 6.07 Å². The molecule has 2 aromatic rings. The van der Waals surface area contributed by atoms with Gasteiger partial charge in [0.1, 0.15) is 6.04 Å². The highest BCUT2D eigenvalue weighted by Crippen LogP contribution is 2.37. The van der Waals surface area contributed by atoms with Crippen LogP contribution in [0, 0.1) is 6.92 Å². The van der Waals surface area contributed by atoms with Crippen molar-refractivity contribution in [3.05, 3.63) is 58.9 Å². The Labute approximate surface area is 186 Å². The fraction of sp³-hybridized carbons (Fsp3) is 0.429. The molecule has 180 valence electrons. The molecule has 2 heterocycles. The van der Waals surface area contributed by atoms with Gasteiger partial charge in [-0.25, -0.2) is 0 Å². The van der Waals surface area contributed by atoms with Crippen LogP contribution in [-0.2, 0) is 17.1 Å². The van der Waals surface area contributed by atoms with Crippen molar-refractivity contribution in [1.29, 1.82) is 0 Å². The van der Waals surface area contributed by atoms with E-state index in [1.165, 1.54) is 0 Å². The van der Waals surface area contributed by atoms with Crippen LogP contribution >= 0.6 is 0 Å². The van der Waals surface area contributed by atoms with Crippen molar-refractivity contribution in [1.82, 2.24) is 20.2 Å². The van der Waals surface area contributed by atoms with Gasteiger partial charge >= 0.3 is 12.4 Å². The number of rotatable bonds is 5. The van der Waals surface area contributed by atoms with E-state index in [1.807, 2.05) is 11.9 Å². The van der Waals surface area contributed by atoms with Crippen molar-refractivity contribution in [3.8, 4) is 0 Å². The predicted molar refractivity (Wildman–Crippen MR) is 109 cm³/mol. The number of hydrazine groups is 1. The Morgan fingerprint density at radius 1 is 1.00 bits per heavy atom. The molecule has 1 aromatic carbocycles. The lowest BCUT2D eigenvalue weighted by Crippen LogP contribution is -2.50. The van der Waals surface area contributed by atoms with Gasteiger partial charge in [0.05, 0.1) is 16.8 Å². The summed E-state index contributed by atoms with van der Waals surface area (Å²) < 4.78 is 78.6. The number of alkyl halides is 6. The third-order valence-electron chi connectivity index (χ3n) is 5.41. The number of carbonyl (C=O) groups is 1. The van der Waals surface area contributed by atoms with Gasteiger partial charge in [-0.3, -0.25) is 25.5 Å². The maximum atomic E-state index is 13.1. The van der Waals surface area contributed by atoms with Gasteiger partial charge in [-0.2, -0.15) is 26.3 Å². The van der Waals surface area contributed by atoms with Crippen molar-refractivity contribution in [2.24, 2.45) is 0 Å². The third kappa shape index (κ3) is 6.14. The number of aromatic nitrogens is 1. The predicted octanol–water partition coefficient (Wildman–Crippen LogP) is 3.86. The van der Waals surface area contributed by atoms with Crippen molar-refractivity contribution >= 4 is 11.6 Å². The fourth-order valence-electron chi connectivity index (χ4n) is 3.60. The molecule has 12 heteroatoms. The quantitative estimate of drug-likeness (QED) is 0.508. The molecule has 0 aliphatic carbocycles. The number of halogens is 6. The summed E-state index contributed by atoms with van der Waals surface area (Å²) in [4.78, 5) is 21.3. The number of amides is 1. The van der Waals surface area contributed by atoms with Gasteiger partial charge < -0.3 is 4.90 Å². The second-order valence-corrected chi connectivity index (χ2v) is 7.83. The van der Waals surface area contributed by atoms with E-state index in [9.17, 15) is 31.1 Å². The highest BCUT2D eigenvalue weighted by atomic mass is 19.4. The molecule has 1 aliphatic heterocycles. The van der Waals surface area contributed by atoms with E-state index in [1.54, 1.807) is 25.3 Å². The summed E-state index contributed by atoms with van der Waals surface area (Å²) in [6.07, 6.45) is -8.41. The average molecular weight is 475 g/mol. The molecule has 3 rings (SSSR count). The topological polar surface area (TPSA) is 60.5 Å². The van der Waals surface area contributed by atoms with Crippen LogP contribution in [0.3, 0.4) is 0 Å². The van der Waals surface area contributed by atoms with E-state index in [-0.39, 0.29) is 6.07 Å². The third-order valence-corrected chi connectivity index (χ3v) is 5.41. The molecule has 6 nitrogen and oxygen atoms in total. The van der Waals surface area contributed by atoms with Gasteiger partial charge in [-0.15, -0.1) is 0 Å². The number of piperazine rings is 1. The Kier molecular flexibility index (Phi) is 7.17. The van der Waals surface area contributed by atoms with Gasteiger partial charge in [0, 0.05) is 43.6 Å². The van der Waals surface area contributed by atoms with E-state index in [2.05, 4.69) is 20.7 Å². The summed E-state index contributed by atoms with van der Waals surface area (Å²) in [6.45, 7) is 4.20. The Hall–Kier alpha value is -2.86. The Morgan fingerprint density at radius 2 is 1.58 bits per heavy atom. The largest absolute Gasteiger partial charge is 0.416 e. The Bertz CT molecular complexity index is 954. The minimum absolute atomic E-state index is 0.0268. The van der Waals surface area contributed by atoms with Gasteiger partial charge in [0.15, 0.2) is 0 Å². The van der Waals surface area contributed by atoms with Crippen LogP contribution in [0.1, 0.15) is 28.4 Å². The molecule has 1 saturated heterocycles. The Morgan fingerprint density at radius 3 is 2.09 bits per heavy atom. The van der Waals surface area contributed by atoms with E-state index in [0.29, 0.717) is 49.6 Å². The molecule has 1 unspecified atom stereocenters. The first-order chi connectivity index (χ1) is 15.4. The second kappa shape index (κ2) is 9.56. The number of benzene rings is 1. The molecule has 33 heavy (non-hydrogen) atoms. The molecule has 1 atom stereocenters. The minimum Gasteiger partial charge on any atom is -0.304 e. The van der Waals surface area contributed by atoms with Crippen molar-refractivity contribution < 1.29 is 31.1 Å². The van der Waals surface area contributed by atoms with Crippen LogP contribution in [-0.4, -0.2) is 53.9 Å². The van der Waals surface area contributed by atoms with Gasteiger partial charge in [0.25, 0.3) is 5.91 Å². The minimum atomic E-state index is -4.99. The first-order valence-corrected chi connectivity index (χ1v) is 10.1. The van der Waals surface area contributed by atoms with Crippen LogP contribution in [0.5, 0.6) is 0 Å². The molecule has 0 bridgehead atoms. The number of carbonyl (C=O) groups excluding carboxylic acids is 1. The van der Waals surface area contributed by atoms with Gasteiger partial charge in [0.2, 0.25) is 0 Å². The first kappa shape index (κ1) is 24.8. The van der Waals surface area contributed by atoms with E-state index >= 15 is 0 Å². The SMILES string of the molecule is Cc1ncccc1C(C(=O)NNc1cc(C(F)(F)F)cc(C(F)(F)F)c1)N1CCN(C)CC1. The molecule has 0 saturated carbocycles. The molecule has 2 N–H and O–H groups in total. The van der Waals surface area contributed by atoms with E-state index < -0.39 is 41.1 Å². The van der Waals surface area contributed by atoms with E-state index in [0.717, 1.165) is 0 Å². The summed E-state index contributed by atoms with van der Waals surface area (Å²) >= 11 is 0. The van der Waals surface area contributed by atoms with Crippen LogP contribution in [0.25, 0.3) is 0 Å². The summed E-state index contributed by atoms with van der Waals surface area (Å²) in [7, 11) is 1.94. The van der Waals surface area contributed by atoms with Crippen molar-refractivity contribution in [3.63, 3.8) is 0 Å². The fourth-order valence-corrected chi connectivity index (χ4v) is 3.60. The number of nitrogens with zero attached hydrogens (tertiary/aromatic N) is 3. The lowest BCUT2D eigenvalue weighted by molar-refractivity contribution is -0.143. The molecule has 0 radical (unpaired) electrons. The van der Waals surface area contributed by atoms with Crippen molar-refractivity contribution in [2.75, 3.05) is 38.7 Å². The molecule has 0 spiro atoms. The van der Waals surface area contributed by atoms with Crippen LogP contribution < -0.4 is 10.9 Å². The summed E-state index contributed by atoms with van der Waals surface area (Å²) in [6, 6.07) is 3.60. The lowest BCUT2D eigenvalue weighted by atomic mass is 10.0. The standard InChI is InChI=1S/C21H23F6N5O/c1-13-17(4-3-5-28-13)18(32-8-6-31(2)7-9-32)19(33)30-29-16-11-14(20(22,23)24)10-15(12-16)21(25,26)27/h3-5,10-12,18,29H,6-9H2,1-2H3,(H,30,33). The van der Waals surface area contributed by atoms with Crippen LogP contribution in [0.4, 0.5) is 32.0 Å². The molecule has 1 amide bonds. The molecule has 1 fully saturated rings. The number of hydrogen-bond acceptors (Lipinski definition) is 5. The smallest absolute Gasteiger partial charge is 0.304 e. The number of pyridine rings is 1. The number of likely N-dealkylation sites (N-methyl/N-ethyl adjacent to an activating group) is 1. The summed E-state index contributed by atoms with van der Waals surface area (Å²) in [5, 5.41) is 0. The number of hydrogen-bond donors (Lipinski definition) is 2. The molecular formula is C21H23F6N5O. The average Bonchev–Trinajstić information content (AvgIpc) is 2.73. The zero-order valence-corrected chi connectivity index (χ0v) is 17.9. The normalized spacial score (nSPS) is 17.0. The number of aryl methyl sites for hydroxylation is 1.